The lowest BCUT2D eigenvalue weighted by Crippen LogP contribution is -2.15. The van der Waals surface area contributed by atoms with E-state index in [1.807, 2.05) is 18.4 Å². The highest BCUT2D eigenvalue weighted by Crippen LogP contribution is 2.25. The molecule has 3 rings (SSSR count). The van der Waals surface area contributed by atoms with Gasteiger partial charge in [0.25, 0.3) is 0 Å². The van der Waals surface area contributed by atoms with E-state index in [9.17, 15) is 0 Å². The van der Waals surface area contributed by atoms with Crippen LogP contribution in [0.25, 0.3) is 11.8 Å². The van der Waals surface area contributed by atoms with E-state index in [1.54, 1.807) is 13.3 Å². The number of aliphatic imine (C=N–C) groups is 1. The fraction of sp³-hybridized carbons (Fsp3) is 0.458. The van der Waals surface area contributed by atoms with Crippen LogP contribution in [-0.2, 0) is 16.6 Å². The Morgan fingerprint density at radius 1 is 1.37 bits per heavy atom. The van der Waals surface area contributed by atoms with Crippen LogP contribution >= 0.6 is 0 Å². The first-order valence-electron chi connectivity index (χ1n) is 10.6. The fourth-order valence-corrected chi connectivity index (χ4v) is 3.28. The highest BCUT2D eigenvalue weighted by atomic mass is 16.5. The maximum Gasteiger partial charge on any atom is 0.223 e. The van der Waals surface area contributed by atoms with E-state index in [4.69, 9.17) is 4.74 Å². The van der Waals surface area contributed by atoms with E-state index >= 15 is 0 Å². The first-order chi connectivity index (χ1) is 14.3. The lowest BCUT2D eigenvalue weighted by Gasteiger charge is -2.16. The number of ether oxygens (including phenoxy) is 1. The molecule has 0 aliphatic carbocycles. The minimum atomic E-state index is 0.0391. The van der Waals surface area contributed by atoms with E-state index in [0.717, 1.165) is 29.9 Å². The molecule has 6 heteroatoms. The van der Waals surface area contributed by atoms with E-state index in [1.165, 1.54) is 11.3 Å². The normalized spacial score (nSPS) is 17.9. The summed E-state index contributed by atoms with van der Waals surface area (Å²) in [5, 5.41) is 3.36. The molecule has 6 nitrogen and oxygen atoms in total. The highest BCUT2D eigenvalue weighted by Gasteiger charge is 2.17. The van der Waals surface area contributed by atoms with Gasteiger partial charge < -0.3 is 15.0 Å². The van der Waals surface area contributed by atoms with Crippen LogP contribution in [0.15, 0.2) is 35.5 Å². The molecule has 0 saturated heterocycles. The van der Waals surface area contributed by atoms with Crippen molar-refractivity contribution in [3.8, 4) is 0 Å². The third kappa shape index (κ3) is 5.45. The van der Waals surface area contributed by atoms with Crippen LogP contribution in [0.5, 0.6) is 0 Å². The Morgan fingerprint density at radius 3 is 2.87 bits per heavy atom. The molecule has 2 atom stereocenters. The molecule has 0 fully saturated rings. The zero-order chi connectivity index (χ0) is 21.7. The lowest BCUT2D eigenvalue weighted by atomic mass is 9.92. The average molecular weight is 408 g/mol. The second kappa shape index (κ2) is 9.39. The standard InChI is InChI=1S/C24H33N5O/c1-7-17-14-22(24(3,4)5)28-19(17)9-8-16(2)27-23-26-13-11-20(29-23)21-15-18(30-6)10-12-25-21/h8-9,11-16,18,28H,7,10H2,1-6H3,(H,26,27,29). The van der Waals surface area contributed by atoms with Crippen molar-refractivity contribution in [3.05, 3.63) is 53.1 Å². The highest BCUT2D eigenvalue weighted by molar-refractivity contribution is 5.76. The van der Waals surface area contributed by atoms with E-state index < -0.39 is 0 Å². The van der Waals surface area contributed by atoms with E-state index in [-0.39, 0.29) is 17.6 Å². The molecule has 1 aliphatic heterocycles. The van der Waals surface area contributed by atoms with Crippen molar-refractivity contribution >= 4 is 23.9 Å². The molecule has 1 aliphatic rings. The summed E-state index contributed by atoms with van der Waals surface area (Å²) in [6, 6.07) is 4.21. The summed E-state index contributed by atoms with van der Waals surface area (Å²) in [7, 11) is 1.71. The Hall–Kier alpha value is -2.73. The number of aromatic amines is 1. The molecule has 160 valence electrons. The average Bonchev–Trinajstić information content (AvgIpc) is 3.16. The van der Waals surface area contributed by atoms with Crippen LogP contribution < -0.4 is 5.32 Å². The molecule has 0 amide bonds. The second-order valence-electron chi connectivity index (χ2n) is 8.66. The number of hydrogen-bond donors (Lipinski definition) is 2. The zero-order valence-electron chi connectivity index (χ0n) is 18.9. The summed E-state index contributed by atoms with van der Waals surface area (Å²) >= 11 is 0. The monoisotopic (exact) mass is 407 g/mol. The zero-order valence-corrected chi connectivity index (χ0v) is 18.9. The van der Waals surface area contributed by atoms with Crippen LogP contribution in [0.2, 0.25) is 0 Å². The van der Waals surface area contributed by atoms with Gasteiger partial charge in [-0.2, -0.15) is 0 Å². The van der Waals surface area contributed by atoms with Crippen LogP contribution in [-0.4, -0.2) is 40.4 Å². The molecule has 2 aromatic rings. The Kier molecular flexibility index (Phi) is 6.87. The topological polar surface area (TPSA) is 75.2 Å². The number of rotatable bonds is 7. The summed E-state index contributed by atoms with van der Waals surface area (Å²) in [5.74, 6) is 0.581. The van der Waals surface area contributed by atoms with Gasteiger partial charge in [-0.1, -0.05) is 33.8 Å². The Morgan fingerprint density at radius 2 is 2.17 bits per heavy atom. The molecule has 2 N–H and O–H groups in total. The molecule has 0 aromatic carbocycles. The van der Waals surface area contributed by atoms with Gasteiger partial charge in [-0.15, -0.1) is 0 Å². The molecular formula is C24H33N5O. The Bertz CT molecular complexity index is 949. The molecule has 3 heterocycles. The minimum Gasteiger partial charge on any atom is -0.377 e. The van der Waals surface area contributed by atoms with Crippen molar-refractivity contribution in [2.24, 2.45) is 4.99 Å². The van der Waals surface area contributed by atoms with Gasteiger partial charge in [-0.3, -0.25) is 4.99 Å². The molecule has 2 unspecified atom stereocenters. The summed E-state index contributed by atoms with van der Waals surface area (Å²) in [6.07, 6.45) is 11.7. The SMILES string of the molecule is CCc1cc(C(C)(C)C)[nH]c1C=CC(C)Nc1nccc(C2=CC(OC)CC=N2)n1. The van der Waals surface area contributed by atoms with Gasteiger partial charge >= 0.3 is 0 Å². The van der Waals surface area contributed by atoms with Gasteiger partial charge in [0, 0.05) is 48.8 Å². The summed E-state index contributed by atoms with van der Waals surface area (Å²) in [6.45, 7) is 10.9. The lowest BCUT2D eigenvalue weighted by molar-refractivity contribution is 0.147. The number of aromatic nitrogens is 3. The van der Waals surface area contributed by atoms with Crippen LogP contribution in [0.1, 0.15) is 63.7 Å². The predicted molar refractivity (Wildman–Crippen MR) is 125 cm³/mol. The van der Waals surface area contributed by atoms with E-state index in [0.29, 0.717) is 5.95 Å². The molecule has 30 heavy (non-hydrogen) atoms. The third-order valence-electron chi connectivity index (χ3n) is 5.16. The quantitative estimate of drug-likeness (QED) is 0.677. The smallest absolute Gasteiger partial charge is 0.223 e. The third-order valence-corrected chi connectivity index (χ3v) is 5.16. The maximum atomic E-state index is 5.41. The largest absolute Gasteiger partial charge is 0.377 e. The summed E-state index contributed by atoms with van der Waals surface area (Å²) < 4.78 is 5.41. The van der Waals surface area contributed by atoms with Gasteiger partial charge in [-0.25, -0.2) is 9.97 Å². The number of nitrogens with zero attached hydrogens (tertiary/aromatic N) is 3. The van der Waals surface area contributed by atoms with Crippen LogP contribution in [0.3, 0.4) is 0 Å². The number of methoxy groups -OCH3 is 1. The summed E-state index contributed by atoms with van der Waals surface area (Å²) in [4.78, 5) is 17.0. The molecule has 0 spiro atoms. The molecule has 0 bridgehead atoms. The van der Waals surface area contributed by atoms with E-state index in [2.05, 4.69) is 78.1 Å². The van der Waals surface area contributed by atoms with Crippen LogP contribution in [0, 0.1) is 0 Å². The molecule has 0 radical (unpaired) electrons. The number of H-pyrrole nitrogens is 1. The number of nitrogens with one attached hydrogen (secondary N) is 2. The summed E-state index contributed by atoms with van der Waals surface area (Å²) in [5.41, 5.74) is 5.46. The van der Waals surface area contributed by atoms with Crippen molar-refractivity contribution in [1.29, 1.82) is 0 Å². The van der Waals surface area contributed by atoms with Crippen LogP contribution in [0.4, 0.5) is 5.95 Å². The van der Waals surface area contributed by atoms with Crippen molar-refractivity contribution in [1.82, 2.24) is 15.0 Å². The minimum absolute atomic E-state index is 0.0391. The van der Waals surface area contributed by atoms with Gasteiger partial charge in [0.05, 0.1) is 17.5 Å². The fourth-order valence-electron chi connectivity index (χ4n) is 3.28. The Labute approximate surface area is 179 Å². The van der Waals surface area contributed by atoms with Crippen molar-refractivity contribution in [2.45, 2.75) is 65.0 Å². The Balaban J connectivity index is 1.71. The first kappa shape index (κ1) is 22.0. The van der Waals surface area contributed by atoms with Crippen molar-refractivity contribution in [2.75, 3.05) is 12.4 Å². The van der Waals surface area contributed by atoms with Gasteiger partial charge in [0.15, 0.2) is 0 Å². The predicted octanol–water partition coefficient (Wildman–Crippen LogP) is 5.01. The van der Waals surface area contributed by atoms with Gasteiger partial charge in [0.1, 0.15) is 0 Å². The van der Waals surface area contributed by atoms with Crippen molar-refractivity contribution in [3.63, 3.8) is 0 Å². The number of hydrogen-bond acceptors (Lipinski definition) is 5. The maximum absolute atomic E-state index is 5.41. The number of aryl methyl sites for hydroxylation is 1. The van der Waals surface area contributed by atoms with Gasteiger partial charge in [0.2, 0.25) is 5.95 Å². The molecular weight excluding hydrogens is 374 g/mol. The molecule has 0 saturated carbocycles. The van der Waals surface area contributed by atoms with Crippen molar-refractivity contribution < 1.29 is 4.74 Å². The van der Waals surface area contributed by atoms with Gasteiger partial charge in [-0.05, 0) is 43.2 Å². The first-order valence-corrected chi connectivity index (χ1v) is 10.6. The second-order valence-corrected chi connectivity index (χ2v) is 8.66. The molecule has 2 aromatic heterocycles. The number of anilines is 1.